The van der Waals surface area contributed by atoms with Gasteiger partial charge < -0.3 is 11.1 Å². The molecule has 1 heterocycles. The first-order valence-electron chi connectivity index (χ1n) is 6.53. The number of nitrogens with one attached hydrogen (secondary N) is 1. The first-order chi connectivity index (χ1) is 8.76. The van der Waals surface area contributed by atoms with Crippen molar-refractivity contribution in [3.05, 3.63) is 18.3 Å². The van der Waals surface area contributed by atoms with Crippen LogP contribution in [0.25, 0.3) is 0 Å². The average Bonchev–Trinajstić information content (AvgIpc) is 2.38. The van der Waals surface area contributed by atoms with Gasteiger partial charge in [-0.1, -0.05) is 19.8 Å². The summed E-state index contributed by atoms with van der Waals surface area (Å²) in [6, 6.07) is 3.48. The minimum Gasteiger partial charge on any atom is -0.330 e. The van der Waals surface area contributed by atoms with Crippen LogP contribution in [0.1, 0.15) is 39.0 Å². The molecule has 1 unspecified atom stereocenters. The third-order valence-corrected chi connectivity index (χ3v) is 2.89. The van der Waals surface area contributed by atoms with E-state index in [0.717, 1.165) is 25.7 Å². The molecule has 1 aromatic rings. The highest BCUT2D eigenvalue weighted by atomic mass is 16.1. The Morgan fingerprint density at radius 2 is 2.28 bits per heavy atom. The maximum atomic E-state index is 11.7. The summed E-state index contributed by atoms with van der Waals surface area (Å²) in [4.78, 5) is 11.7. The molecule has 5 heteroatoms. The van der Waals surface area contributed by atoms with Gasteiger partial charge in [0, 0.05) is 12.6 Å². The van der Waals surface area contributed by atoms with E-state index in [1.807, 2.05) is 0 Å². The number of amides is 1. The number of aromatic nitrogens is 2. The van der Waals surface area contributed by atoms with E-state index in [-0.39, 0.29) is 5.91 Å². The summed E-state index contributed by atoms with van der Waals surface area (Å²) in [6.07, 6.45) is 6.24. The lowest BCUT2D eigenvalue weighted by atomic mass is 9.94. The molecular weight excluding hydrogens is 228 g/mol. The summed E-state index contributed by atoms with van der Waals surface area (Å²) in [5.74, 6) is 1.05. The molecule has 0 aromatic carbocycles. The van der Waals surface area contributed by atoms with Gasteiger partial charge in [0.15, 0.2) is 5.82 Å². The number of anilines is 1. The quantitative estimate of drug-likeness (QED) is 0.739. The Morgan fingerprint density at radius 3 is 2.89 bits per heavy atom. The Bertz CT molecular complexity index is 336. The first-order valence-corrected chi connectivity index (χ1v) is 6.53. The van der Waals surface area contributed by atoms with Crippen molar-refractivity contribution in [3.63, 3.8) is 0 Å². The van der Waals surface area contributed by atoms with Gasteiger partial charge in [0.2, 0.25) is 5.91 Å². The molecule has 0 radical (unpaired) electrons. The fraction of sp³-hybridized carbons (Fsp3) is 0.615. The van der Waals surface area contributed by atoms with Crippen LogP contribution in [0.5, 0.6) is 0 Å². The van der Waals surface area contributed by atoms with Gasteiger partial charge in [0.1, 0.15) is 0 Å². The summed E-state index contributed by atoms with van der Waals surface area (Å²) in [5, 5.41) is 10.3. The molecule has 0 aliphatic carbocycles. The molecule has 0 fully saturated rings. The van der Waals surface area contributed by atoms with E-state index in [2.05, 4.69) is 22.4 Å². The molecule has 0 bridgehead atoms. The second kappa shape index (κ2) is 8.58. The summed E-state index contributed by atoms with van der Waals surface area (Å²) < 4.78 is 0. The lowest BCUT2D eigenvalue weighted by molar-refractivity contribution is -0.116. The molecule has 0 spiro atoms. The van der Waals surface area contributed by atoms with E-state index < -0.39 is 0 Å². The molecule has 100 valence electrons. The Labute approximate surface area is 108 Å². The van der Waals surface area contributed by atoms with Crippen molar-refractivity contribution in [3.8, 4) is 0 Å². The van der Waals surface area contributed by atoms with Gasteiger partial charge in [-0.25, -0.2) is 0 Å². The standard InChI is InChI=1S/C13H22N4O/c1-2-4-11(8-9-14)6-7-13(18)16-12-5-3-10-15-17-12/h3,5,10-11H,2,4,6-9,14H2,1H3,(H,16,17,18). The molecule has 5 nitrogen and oxygen atoms in total. The molecule has 1 rings (SSSR count). The Morgan fingerprint density at radius 1 is 1.44 bits per heavy atom. The highest BCUT2D eigenvalue weighted by Crippen LogP contribution is 2.17. The number of rotatable bonds is 8. The maximum absolute atomic E-state index is 11.7. The summed E-state index contributed by atoms with van der Waals surface area (Å²) in [7, 11) is 0. The second-order valence-electron chi connectivity index (χ2n) is 4.43. The Kier molecular flexibility index (Phi) is 6.94. The van der Waals surface area contributed by atoms with Crippen molar-refractivity contribution in [2.45, 2.75) is 39.0 Å². The van der Waals surface area contributed by atoms with Crippen LogP contribution >= 0.6 is 0 Å². The lowest BCUT2D eigenvalue weighted by Gasteiger charge is -2.14. The first kappa shape index (κ1) is 14.6. The lowest BCUT2D eigenvalue weighted by Crippen LogP contribution is -2.16. The number of carbonyl (C=O) groups is 1. The van der Waals surface area contributed by atoms with E-state index in [1.54, 1.807) is 18.3 Å². The van der Waals surface area contributed by atoms with E-state index in [1.165, 1.54) is 0 Å². The van der Waals surface area contributed by atoms with Gasteiger partial charge in [0.25, 0.3) is 0 Å². The van der Waals surface area contributed by atoms with Crippen molar-refractivity contribution >= 4 is 11.7 Å². The molecule has 1 amide bonds. The highest BCUT2D eigenvalue weighted by molar-refractivity contribution is 5.89. The predicted octanol–water partition coefficient (Wildman–Crippen LogP) is 1.96. The average molecular weight is 250 g/mol. The fourth-order valence-corrected chi connectivity index (χ4v) is 1.99. The number of hydrogen-bond acceptors (Lipinski definition) is 4. The normalized spacial score (nSPS) is 12.1. The zero-order chi connectivity index (χ0) is 13.2. The molecular formula is C13H22N4O. The van der Waals surface area contributed by atoms with Gasteiger partial charge in [-0.2, -0.15) is 5.10 Å². The zero-order valence-electron chi connectivity index (χ0n) is 10.9. The monoisotopic (exact) mass is 250 g/mol. The molecule has 18 heavy (non-hydrogen) atoms. The van der Waals surface area contributed by atoms with Gasteiger partial charge in [0.05, 0.1) is 0 Å². The Balaban J connectivity index is 2.31. The second-order valence-corrected chi connectivity index (χ2v) is 4.43. The minimum atomic E-state index is -0.00590. The number of nitrogens with two attached hydrogens (primary N) is 1. The van der Waals surface area contributed by atoms with Gasteiger partial charge >= 0.3 is 0 Å². The van der Waals surface area contributed by atoms with Gasteiger partial charge in [-0.05, 0) is 37.4 Å². The van der Waals surface area contributed by atoms with Crippen LogP contribution in [0.15, 0.2) is 18.3 Å². The van der Waals surface area contributed by atoms with Crippen molar-refractivity contribution in [1.82, 2.24) is 10.2 Å². The number of hydrogen-bond donors (Lipinski definition) is 2. The zero-order valence-corrected chi connectivity index (χ0v) is 10.9. The summed E-state index contributed by atoms with van der Waals surface area (Å²) in [6.45, 7) is 2.85. The molecule has 0 aliphatic heterocycles. The molecule has 0 saturated carbocycles. The van der Waals surface area contributed by atoms with Crippen LogP contribution in [-0.2, 0) is 4.79 Å². The smallest absolute Gasteiger partial charge is 0.225 e. The van der Waals surface area contributed by atoms with Crippen LogP contribution in [0.3, 0.4) is 0 Å². The predicted molar refractivity (Wildman–Crippen MR) is 72.0 cm³/mol. The molecule has 0 aliphatic rings. The highest BCUT2D eigenvalue weighted by Gasteiger charge is 2.10. The number of carbonyl (C=O) groups excluding carboxylic acids is 1. The van der Waals surface area contributed by atoms with Crippen LogP contribution < -0.4 is 11.1 Å². The van der Waals surface area contributed by atoms with Crippen LogP contribution in [0, 0.1) is 5.92 Å². The largest absolute Gasteiger partial charge is 0.330 e. The third kappa shape index (κ3) is 5.72. The van der Waals surface area contributed by atoms with E-state index >= 15 is 0 Å². The molecule has 1 atom stereocenters. The van der Waals surface area contributed by atoms with Gasteiger partial charge in [-0.15, -0.1) is 5.10 Å². The van der Waals surface area contributed by atoms with E-state index in [0.29, 0.717) is 24.7 Å². The topological polar surface area (TPSA) is 80.9 Å². The number of nitrogens with zero attached hydrogens (tertiary/aromatic N) is 2. The van der Waals surface area contributed by atoms with Crippen molar-refractivity contribution < 1.29 is 4.79 Å². The maximum Gasteiger partial charge on any atom is 0.225 e. The van der Waals surface area contributed by atoms with Crippen molar-refractivity contribution in [1.29, 1.82) is 0 Å². The summed E-state index contributed by atoms with van der Waals surface area (Å²) >= 11 is 0. The fourth-order valence-electron chi connectivity index (χ4n) is 1.99. The minimum absolute atomic E-state index is 0.00590. The molecule has 3 N–H and O–H groups in total. The van der Waals surface area contributed by atoms with Gasteiger partial charge in [-0.3, -0.25) is 4.79 Å². The van der Waals surface area contributed by atoms with Crippen LogP contribution in [0.4, 0.5) is 5.82 Å². The van der Waals surface area contributed by atoms with Crippen LogP contribution in [0.2, 0.25) is 0 Å². The van der Waals surface area contributed by atoms with Crippen molar-refractivity contribution in [2.75, 3.05) is 11.9 Å². The third-order valence-electron chi connectivity index (χ3n) is 2.89. The van der Waals surface area contributed by atoms with Crippen LogP contribution in [-0.4, -0.2) is 22.6 Å². The molecule has 0 saturated heterocycles. The van der Waals surface area contributed by atoms with E-state index in [9.17, 15) is 4.79 Å². The Hall–Kier alpha value is -1.49. The van der Waals surface area contributed by atoms with E-state index in [4.69, 9.17) is 5.73 Å². The SMILES string of the molecule is CCCC(CCN)CCC(=O)Nc1cccnn1. The van der Waals surface area contributed by atoms with Crippen molar-refractivity contribution in [2.24, 2.45) is 11.7 Å². The summed E-state index contributed by atoms with van der Waals surface area (Å²) in [5.41, 5.74) is 5.57. The molecule has 1 aromatic heterocycles.